The van der Waals surface area contributed by atoms with Crippen molar-refractivity contribution >= 4 is 11.8 Å². The summed E-state index contributed by atoms with van der Waals surface area (Å²) in [5.74, 6) is 0.0990. The van der Waals surface area contributed by atoms with Crippen molar-refractivity contribution in [3.63, 3.8) is 0 Å². The molecule has 0 bridgehead atoms. The van der Waals surface area contributed by atoms with Crippen LogP contribution in [-0.4, -0.2) is 73.1 Å². The van der Waals surface area contributed by atoms with Crippen LogP contribution in [0.4, 0.5) is 0 Å². The summed E-state index contributed by atoms with van der Waals surface area (Å²) in [5.41, 5.74) is -0.655. The Hall–Kier alpha value is -1.14. The first-order chi connectivity index (χ1) is 9.48. The highest BCUT2D eigenvalue weighted by Crippen LogP contribution is 2.28. The zero-order chi connectivity index (χ0) is 14.8. The molecule has 0 aromatic heterocycles. The Bertz CT molecular complexity index is 378. The summed E-state index contributed by atoms with van der Waals surface area (Å²) in [6.45, 7) is 7.09. The van der Waals surface area contributed by atoms with Crippen LogP contribution in [-0.2, 0) is 14.3 Å². The third-order valence-electron chi connectivity index (χ3n) is 4.36. The van der Waals surface area contributed by atoms with Gasteiger partial charge in [0, 0.05) is 26.7 Å². The van der Waals surface area contributed by atoms with E-state index in [1.807, 2.05) is 23.6 Å². The Kier molecular flexibility index (Phi) is 4.65. The normalized spacial score (nSPS) is 24.8. The number of likely N-dealkylation sites (tertiary alicyclic amines) is 1. The average molecular weight is 283 g/mol. The van der Waals surface area contributed by atoms with Crippen LogP contribution in [0.15, 0.2) is 0 Å². The lowest BCUT2D eigenvalue weighted by Gasteiger charge is -2.39. The number of nitrogens with one attached hydrogen (secondary N) is 1. The largest absolute Gasteiger partial charge is 0.378 e. The molecule has 0 spiro atoms. The van der Waals surface area contributed by atoms with E-state index in [-0.39, 0.29) is 17.9 Å². The number of ether oxygens (including phenoxy) is 1. The topological polar surface area (TPSA) is 61.9 Å². The van der Waals surface area contributed by atoms with E-state index in [1.165, 1.54) is 0 Å². The Morgan fingerprint density at radius 2 is 1.85 bits per heavy atom. The smallest absolute Gasteiger partial charge is 0.240 e. The molecule has 2 fully saturated rings. The first-order valence-corrected chi connectivity index (χ1v) is 7.34. The predicted molar refractivity (Wildman–Crippen MR) is 75.3 cm³/mol. The van der Waals surface area contributed by atoms with Gasteiger partial charge in [-0.05, 0) is 26.7 Å². The fourth-order valence-corrected chi connectivity index (χ4v) is 3.12. The predicted octanol–water partition coefficient (Wildman–Crippen LogP) is -0.166. The Labute approximate surface area is 120 Å². The maximum atomic E-state index is 12.7. The minimum atomic E-state index is -0.655. The lowest BCUT2D eigenvalue weighted by atomic mass is 9.99. The quantitative estimate of drug-likeness (QED) is 0.781. The molecular weight excluding hydrogens is 258 g/mol. The van der Waals surface area contributed by atoms with E-state index >= 15 is 0 Å². The van der Waals surface area contributed by atoms with Gasteiger partial charge in [-0.2, -0.15) is 0 Å². The third-order valence-corrected chi connectivity index (χ3v) is 4.36. The molecule has 0 aliphatic carbocycles. The van der Waals surface area contributed by atoms with Crippen LogP contribution in [0, 0.1) is 0 Å². The van der Waals surface area contributed by atoms with Gasteiger partial charge in [0.2, 0.25) is 11.8 Å². The molecule has 2 aliphatic heterocycles. The second kappa shape index (κ2) is 6.10. The van der Waals surface area contributed by atoms with Crippen molar-refractivity contribution in [3.8, 4) is 0 Å². The third kappa shape index (κ3) is 2.81. The lowest BCUT2D eigenvalue weighted by molar-refractivity contribution is -0.144. The maximum absolute atomic E-state index is 12.7. The summed E-state index contributed by atoms with van der Waals surface area (Å²) in [6.07, 6.45) is 1.79. The van der Waals surface area contributed by atoms with Crippen molar-refractivity contribution < 1.29 is 14.3 Å². The van der Waals surface area contributed by atoms with Crippen LogP contribution in [0.3, 0.4) is 0 Å². The fraction of sp³-hybridized carbons (Fsp3) is 0.857. The van der Waals surface area contributed by atoms with Crippen molar-refractivity contribution in [2.45, 2.75) is 38.3 Å². The van der Waals surface area contributed by atoms with Crippen molar-refractivity contribution in [2.75, 3.05) is 39.9 Å². The van der Waals surface area contributed by atoms with Gasteiger partial charge in [0.15, 0.2) is 0 Å². The summed E-state index contributed by atoms with van der Waals surface area (Å²) in [5, 5.41) is 2.70. The number of nitrogens with zero attached hydrogens (tertiary/aromatic N) is 2. The van der Waals surface area contributed by atoms with Crippen LogP contribution in [0.25, 0.3) is 0 Å². The minimum Gasteiger partial charge on any atom is -0.378 e. The average Bonchev–Trinajstić information content (AvgIpc) is 2.96. The van der Waals surface area contributed by atoms with Crippen LogP contribution in [0.5, 0.6) is 0 Å². The monoisotopic (exact) mass is 283 g/mol. The summed E-state index contributed by atoms with van der Waals surface area (Å²) < 4.78 is 5.29. The SMILES string of the molecule is CNC(=O)C(C)(C)N1CCCC1C(=O)N1CCOCC1. The van der Waals surface area contributed by atoms with Crippen molar-refractivity contribution in [1.82, 2.24) is 15.1 Å². The molecule has 2 saturated heterocycles. The summed E-state index contributed by atoms with van der Waals surface area (Å²) in [7, 11) is 1.64. The van der Waals surface area contributed by atoms with Gasteiger partial charge in [0.25, 0.3) is 0 Å². The van der Waals surface area contributed by atoms with Gasteiger partial charge < -0.3 is 15.0 Å². The molecule has 0 aromatic carbocycles. The maximum Gasteiger partial charge on any atom is 0.240 e. The van der Waals surface area contributed by atoms with Crippen LogP contribution in [0.2, 0.25) is 0 Å². The van der Waals surface area contributed by atoms with Crippen molar-refractivity contribution in [1.29, 1.82) is 0 Å². The molecule has 6 nitrogen and oxygen atoms in total. The molecule has 0 saturated carbocycles. The van der Waals surface area contributed by atoms with E-state index in [4.69, 9.17) is 4.74 Å². The standard InChI is InChI=1S/C14H25N3O3/c1-14(2,13(19)15-3)17-6-4-5-11(17)12(18)16-7-9-20-10-8-16/h11H,4-10H2,1-3H3,(H,15,19). The first kappa shape index (κ1) is 15.3. The molecule has 0 radical (unpaired) electrons. The summed E-state index contributed by atoms with van der Waals surface area (Å²) >= 11 is 0. The van der Waals surface area contributed by atoms with Gasteiger partial charge in [0.1, 0.15) is 0 Å². The van der Waals surface area contributed by atoms with Gasteiger partial charge in [-0.1, -0.05) is 0 Å². The Morgan fingerprint density at radius 1 is 1.20 bits per heavy atom. The second-order valence-corrected chi connectivity index (χ2v) is 5.93. The number of hydrogen-bond acceptors (Lipinski definition) is 4. The number of hydrogen-bond donors (Lipinski definition) is 1. The number of likely N-dealkylation sites (N-methyl/N-ethyl adjacent to an activating group) is 1. The molecule has 1 N–H and O–H groups in total. The van der Waals surface area contributed by atoms with Crippen LogP contribution < -0.4 is 5.32 Å². The fourth-order valence-electron chi connectivity index (χ4n) is 3.12. The molecular formula is C14H25N3O3. The van der Waals surface area contributed by atoms with E-state index in [0.29, 0.717) is 26.3 Å². The minimum absolute atomic E-state index is 0.0424. The lowest BCUT2D eigenvalue weighted by Crippen LogP contribution is -2.60. The van der Waals surface area contributed by atoms with Gasteiger partial charge in [-0.3, -0.25) is 14.5 Å². The van der Waals surface area contributed by atoms with Crippen molar-refractivity contribution in [2.24, 2.45) is 0 Å². The summed E-state index contributed by atoms with van der Waals surface area (Å²) in [4.78, 5) is 28.6. The molecule has 2 amide bonds. The number of carbonyl (C=O) groups excluding carboxylic acids is 2. The van der Waals surface area contributed by atoms with Crippen molar-refractivity contribution in [3.05, 3.63) is 0 Å². The second-order valence-electron chi connectivity index (χ2n) is 5.93. The molecule has 2 aliphatic rings. The highest BCUT2D eigenvalue weighted by molar-refractivity contribution is 5.88. The van der Waals surface area contributed by atoms with E-state index in [9.17, 15) is 9.59 Å². The highest BCUT2D eigenvalue weighted by atomic mass is 16.5. The molecule has 6 heteroatoms. The molecule has 20 heavy (non-hydrogen) atoms. The zero-order valence-corrected chi connectivity index (χ0v) is 12.6. The highest BCUT2D eigenvalue weighted by Gasteiger charge is 2.44. The Morgan fingerprint density at radius 3 is 2.45 bits per heavy atom. The molecule has 1 unspecified atom stereocenters. The van der Waals surface area contributed by atoms with Crippen LogP contribution in [0.1, 0.15) is 26.7 Å². The van der Waals surface area contributed by atoms with E-state index < -0.39 is 5.54 Å². The van der Waals surface area contributed by atoms with Crippen LogP contribution >= 0.6 is 0 Å². The van der Waals surface area contributed by atoms with E-state index in [1.54, 1.807) is 7.05 Å². The zero-order valence-electron chi connectivity index (χ0n) is 12.6. The first-order valence-electron chi connectivity index (χ1n) is 7.34. The molecule has 1 atom stereocenters. The molecule has 114 valence electrons. The molecule has 2 heterocycles. The molecule has 2 rings (SSSR count). The molecule has 0 aromatic rings. The Balaban J connectivity index is 2.10. The number of rotatable bonds is 3. The number of amides is 2. The van der Waals surface area contributed by atoms with Gasteiger partial charge in [-0.15, -0.1) is 0 Å². The van der Waals surface area contributed by atoms with Gasteiger partial charge in [-0.25, -0.2) is 0 Å². The summed E-state index contributed by atoms with van der Waals surface area (Å²) in [6, 6.07) is -0.180. The number of morpholine rings is 1. The van der Waals surface area contributed by atoms with Gasteiger partial charge >= 0.3 is 0 Å². The van der Waals surface area contributed by atoms with Gasteiger partial charge in [0.05, 0.1) is 24.8 Å². The number of carbonyl (C=O) groups is 2. The van der Waals surface area contributed by atoms with E-state index in [2.05, 4.69) is 5.32 Å². The van der Waals surface area contributed by atoms with E-state index in [0.717, 1.165) is 19.4 Å².